The van der Waals surface area contributed by atoms with Crippen LogP contribution in [0, 0.1) is 35.3 Å². The topological polar surface area (TPSA) is 9.23 Å². The van der Waals surface area contributed by atoms with E-state index in [0.29, 0.717) is 17.4 Å². The van der Waals surface area contributed by atoms with Crippen LogP contribution in [0.15, 0.2) is 24.3 Å². The zero-order chi connectivity index (χ0) is 21.8. The molecule has 0 atom stereocenters. The number of halogens is 2. The van der Waals surface area contributed by atoms with Gasteiger partial charge in [-0.15, -0.1) is 0 Å². The molecule has 1 nitrogen and oxygen atoms in total. The van der Waals surface area contributed by atoms with Gasteiger partial charge in [0.05, 0.1) is 6.61 Å². The van der Waals surface area contributed by atoms with Gasteiger partial charge in [-0.25, -0.2) is 4.39 Å². The summed E-state index contributed by atoms with van der Waals surface area (Å²) in [5, 5.41) is 1.06. The van der Waals surface area contributed by atoms with Crippen molar-refractivity contribution in [3.8, 4) is 5.75 Å². The van der Waals surface area contributed by atoms with Crippen molar-refractivity contribution < 1.29 is 13.5 Å². The summed E-state index contributed by atoms with van der Waals surface area (Å²) in [5.74, 6) is 2.02. The summed E-state index contributed by atoms with van der Waals surface area (Å²) in [6.07, 6.45) is 14.7. The molecule has 2 saturated carbocycles. The number of hydrogen-bond acceptors (Lipinski definition) is 1. The molecule has 0 unspecified atom stereocenters. The minimum Gasteiger partial charge on any atom is -0.491 e. The Morgan fingerprint density at radius 1 is 0.806 bits per heavy atom. The van der Waals surface area contributed by atoms with Crippen LogP contribution in [0.4, 0.5) is 8.78 Å². The second-order valence-corrected chi connectivity index (χ2v) is 10.00. The molecule has 2 aliphatic carbocycles. The normalized spacial score (nSPS) is 26.8. The second-order valence-electron chi connectivity index (χ2n) is 10.00. The van der Waals surface area contributed by atoms with Gasteiger partial charge in [-0.3, -0.25) is 0 Å². The lowest BCUT2D eigenvalue weighted by Gasteiger charge is -2.37. The van der Waals surface area contributed by atoms with Crippen molar-refractivity contribution in [1.29, 1.82) is 0 Å². The lowest BCUT2D eigenvalue weighted by atomic mass is 9.68. The lowest BCUT2D eigenvalue weighted by Crippen LogP contribution is -2.25. The van der Waals surface area contributed by atoms with Gasteiger partial charge >= 0.3 is 0 Å². The maximum atomic E-state index is 14.6. The minimum absolute atomic E-state index is 0.000176. The molecular weight excluding hydrogens is 390 g/mol. The standard InChI is InChI=1S/C28H38F2O/c1-3-19-7-12-22(13-8-19)23-14-9-20(10-15-23)5-6-21-11-16-24-18-26(31-4-2)28(30)27(29)25(24)17-21/h11,16-20,22-23H,3-10,12-15H2,1-2H3. The van der Waals surface area contributed by atoms with Gasteiger partial charge in [-0.1, -0.05) is 51.2 Å². The molecule has 0 aliphatic heterocycles. The minimum atomic E-state index is -0.877. The third kappa shape index (κ3) is 5.23. The van der Waals surface area contributed by atoms with Crippen molar-refractivity contribution in [2.75, 3.05) is 6.61 Å². The molecule has 0 radical (unpaired) electrons. The molecule has 4 rings (SSSR count). The fourth-order valence-electron chi connectivity index (χ4n) is 6.15. The molecule has 0 amide bonds. The van der Waals surface area contributed by atoms with Crippen LogP contribution in [0.1, 0.15) is 83.6 Å². The molecule has 0 aromatic heterocycles. The number of fused-ring (bicyclic) bond motifs is 1. The number of aryl methyl sites for hydroxylation is 1. The van der Waals surface area contributed by atoms with E-state index in [1.165, 1.54) is 57.8 Å². The van der Waals surface area contributed by atoms with E-state index in [4.69, 9.17) is 4.74 Å². The Balaban J connectivity index is 1.31. The van der Waals surface area contributed by atoms with Crippen LogP contribution in [0.5, 0.6) is 5.75 Å². The van der Waals surface area contributed by atoms with E-state index in [-0.39, 0.29) is 5.75 Å². The summed E-state index contributed by atoms with van der Waals surface area (Å²) in [7, 11) is 0. The molecule has 0 heterocycles. The maximum Gasteiger partial charge on any atom is 0.201 e. The van der Waals surface area contributed by atoms with Crippen molar-refractivity contribution >= 4 is 10.8 Å². The average Bonchev–Trinajstić information content (AvgIpc) is 2.82. The molecule has 2 aromatic carbocycles. The van der Waals surface area contributed by atoms with E-state index in [1.54, 1.807) is 13.0 Å². The summed E-state index contributed by atoms with van der Waals surface area (Å²) in [5.41, 5.74) is 1.11. The maximum absolute atomic E-state index is 14.6. The Labute approximate surface area is 186 Å². The van der Waals surface area contributed by atoms with Gasteiger partial charge < -0.3 is 4.74 Å². The van der Waals surface area contributed by atoms with Crippen molar-refractivity contribution in [2.45, 2.75) is 84.5 Å². The van der Waals surface area contributed by atoms with Gasteiger partial charge in [-0.05, 0) is 92.2 Å². The van der Waals surface area contributed by atoms with E-state index in [9.17, 15) is 8.78 Å². The Hall–Kier alpha value is -1.64. The van der Waals surface area contributed by atoms with Crippen molar-refractivity contribution in [2.24, 2.45) is 23.7 Å². The van der Waals surface area contributed by atoms with Crippen LogP contribution in [-0.4, -0.2) is 6.61 Å². The molecule has 0 bridgehead atoms. The Bertz CT molecular complexity index is 861. The van der Waals surface area contributed by atoms with Gasteiger partial charge in [0, 0.05) is 5.39 Å². The van der Waals surface area contributed by atoms with Crippen LogP contribution >= 0.6 is 0 Å². The molecule has 0 saturated heterocycles. The molecule has 0 spiro atoms. The summed E-state index contributed by atoms with van der Waals surface area (Å²) in [4.78, 5) is 0. The van der Waals surface area contributed by atoms with Crippen molar-refractivity contribution in [3.63, 3.8) is 0 Å². The molecule has 0 N–H and O–H groups in total. The number of hydrogen-bond donors (Lipinski definition) is 0. The highest BCUT2D eigenvalue weighted by molar-refractivity contribution is 5.85. The molecule has 170 valence electrons. The van der Waals surface area contributed by atoms with Gasteiger partial charge in [-0.2, -0.15) is 4.39 Å². The highest BCUT2D eigenvalue weighted by atomic mass is 19.2. The van der Waals surface area contributed by atoms with Crippen LogP contribution < -0.4 is 4.74 Å². The third-order valence-electron chi connectivity index (χ3n) is 8.22. The smallest absolute Gasteiger partial charge is 0.201 e. The summed E-state index contributed by atoms with van der Waals surface area (Å²) in [6.45, 7) is 4.44. The highest BCUT2D eigenvalue weighted by Gasteiger charge is 2.30. The number of benzene rings is 2. The predicted octanol–water partition coefficient (Wildman–Crippen LogP) is 8.47. The fourth-order valence-corrected chi connectivity index (χ4v) is 6.15. The molecule has 2 aromatic rings. The quantitative estimate of drug-likeness (QED) is 0.430. The summed E-state index contributed by atoms with van der Waals surface area (Å²) < 4.78 is 34.1. The van der Waals surface area contributed by atoms with Crippen molar-refractivity contribution in [3.05, 3.63) is 41.5 Å². The third-order valence-corrected chi connectivity index (χ3v) is 8.22. The average molecular weight is 429 g/mol. The van der Waals surface area contributed by atoms with Gasteiger partial charge in [0.1, 0.15) is 0 Å². The Kier molecular flexibility index (Phi) is 7.51. The van der Waals surface area contributed by atoms with Crippen LogP contribution in [-0.2, 0) is 6.42 Å². The van der Waals surface area contributed by atoms with E-state index in [2.05, 4.69) is 13.0 Å². The SMILES string of the molecule is CCOc1cc2ccc(CCC3CCC(C4CCC(CC)CC4)CC3)cc2c(F)c1F. The Morgan fingerprint density at radius 3 is 2.06 bits per heavy atom. The molecule has 2 aliphatic rings. The van der Waals surface area contributed by atoms with Gasteiger partial charge in [0.25, 0.3) is 0 Å². The molecule has 31 heavy (non-hydrogen) atoms. The van der Waals surface area contributed by atoms with Gasteiger partial charge in [0.15, 0.2) is 11.6 Å². The van der Waals surface area contributed by atoms with Crippen LogP contribution in [0.3, 0.4) is 0 Å². The number of rotatable bonds is 7. The zero-order valence-corrected chi connectivity index (χ0v) is 19.3. The molecule has 2 fully saturated rings. The fraction of sp³-hybridized carbons (Fsp3) is 0.643. The first-order valence-electron chi connectivity index (χ1n) is 12.6. The Morgan fingerprint density at radius 2 is 1.45 bits per heavy atom. The van der Waals surface area contributed by atoms with Crippen molar-refractivity contribution in [1.82, 2.24) is 0 Å². The van der Waals surface area contributed by atoms with E-state index >= 15 is 0 Å². The van der Waals surface area contributed by atoms with Crippen LogP contribution in [0.25, 0.3) is 10.8 Å². The second kappa shape index (κ2) is 10.3. The largest absolute Gasteiger partial charge is 0.491 e. The molecule has 3 heteroatoms. The highest BCUT2D eigenvalue weighted by Crippen LogP contribution is 2.42. The van der Waals surface area contributed by atoms with Crippen LogP contribution in [0.2, 0.25) is 0 Å². The van der Waals surface area contributed by atoms with Gasteiger partial charge in [0.2, 0.25) is 5.82 Å². The van der Waals surface area contributed by atoms with E-state index in [1.807, 2.05) is 12.1 Å². The summed E-state index contributed by atoms with van der Waals surface area (Å²) >= 11 is 0. The first-order chi connectivity index (χ1) is 15.1. The lowest BCUT2D eigenvalue weighted by molar-refractivity contribution is 0.142. The first-order valence-corrected chi connectivity index (χ1v) is 12.6. The van der Waals surface area contributed by atoms with E-state index < -0.39 is 11.6 Å². The zero-order valence-electron chi connectivity index (χ0n) is 19.3. The molecular formula is C28H38F2O. The predicted molar refractivity (Wildman–Crippen MR) is 125 cm³/mol. The summed E-state index contributed by atoms with van der Waals surface area (Å²) in [6, 6.07) is 7.41. The first kappa shape index (κ1) is 22.6. The van der Waals surface area contributed by atoms with E-state index in [0.717, 1.165) is 42.1 Å². The number of ether oxygens (including phenoxy) is 1. The monoisotopic (exact) mass is 428 g/mol.